The minimum absolute atomic E-state index is 0.111. The summed E-state index contributed by atoms with van der Waals surface area (Å²) >= 11 is 8.23. The third-order valence-corrected chi connectivity index (χ3v) is 4.06. The van der Waals surface area contributed by atoms with Crippen molar-refractivity contribution in [2.45, 2.75) is 0 Å². The van der Waals surface area contributed by atoms with E-state index in [-0.39, 0.29) is 5.69 Å². The second kappa shape index (κ2) is 6.53. The Morgan fingerprint density at radius 3 is 2.52 bits per heavy atom. The first kappa shape index (κ1) is 15.7. The van der Waals surface area contributed by atoms with Crippen molar-refractivity contribution in [3.05, 3.63) is 87.3 Å². The Hall–Kier alpha value is -2.16. The predicted molar refractivity (Wildman–Crippen MR) is 90.1 cm³/mol. The number of carbonyl (C=O) groups excluding carboxylic acids is 1. The standard InChI is InChI=1S/C17H10AsClN2O2/c18-12-3-1-2-11(10-12)17(23)16-15(22)8-9-21(20-16)14-6-4-13(19)5-7-14/h1-10H. The number of rotatable bonds is 3. The van der Waals surface area contributed by atoms with Gasteiger partial charge in [-0.2, -0.15) is 0 Å². The monoisotopic (exact) mass is 384 g/mol. The molecule has 0 unspecified atom stereocenters. The Labute approximate surface area is 146 Å². The molecular weight excluding hydrogens is 375 g/mol. The first-order chi connectivity index (χ1) is 11.0. The third-order valence-electron chi connectivity index (χ3n) is 3.22. The first-order valence-corrected chi connectivity index (χ1v) is 8.06. The van der Waals surface area contributed by atoms with Crippen LogP contribution in [0.5, 0.6) is 0 Å². The van der Waals surface area contributed by atoms with Gasteiger partial charge in [0.05, 0.1) is 0 Å². The average molecular weight is 385 g/mol. The van der Waals surface area contributed by atoms with Crippen LogP contribution in [0.4, 0.5) is 0 Å². The van der Waals surface area contributed by atoms with Crippen LogP contribution in [0.15, 0.2) is 65.6 Å². The van der Waals surface area contributed by atoms with Gasteiger partial charge < -0.3 is 0 Å². The predicted octanol–water partition coefficient (Wildman–Crippen LogP) is 1.91. The normalized spacial score (nSPS) is 10.5. The number of hydrogen-bond acceptors (Lipinski definition) is 3. The molecule has 0 amide bonds. The van der Waals surface area contributed by atoms with Gasteiger partial charge in [-0.05, 0) is 0 Å². The second-order valence-corrected chi connectivity index (χ2v) is 6.35. The third kappa shape index (κ3) is 3.44. The van der Waals surface area contributed by atoms with Gasteiger partial charge in [0.15, 0.2) is 0 Å². The Morgan fingerprint density at radius 1 is 1.09 bits per heavy atom. The molecule has 0 saturated heterocycles. The molecule has 3 rings (SSSR count). The Morgan fingerprint density at radius 2 is 1.83 bits per heavy atom. The Balaban J connectivity index is 2.06. The van der Waals surface area contributed by atoms with E-state index < -0.39 is 11.2 Å². The molecule has 3 aromatic rings. The van der Waals surface area contributed by atoms with Crippen LogP contribution in [0.25, 0.3) is 5.69 Å². The van der Waals surface area contributed by atoms with Gasteiger partial charge in [-0.3, -0.25) is 0 Å². The molecule has 112 valence electrons. The fourth-order valence-corrected chi connectivity index (χ4v) is 2.68. The summed E-state index contributed by atoms with van der Waals surface area (Å²) in [5, 5.41) is 4.79. The number of benzene rings is 2. The SMILES string of the molecule is O=C(c1cccc([As])c1)c1nn(-c2ccc(Cl)cc2)ccc1=O. The first-order valence-electron chi connectivity index (χ1n) is 6.74. The molecule has 0 bridgehead atoms. The van der Waals surface area contributed by atoms with E-state index in [9.17, 15) is 9.59 Å². The summed E-state index contributed by atoms with van der Waals surface area (Å²) in [6, 6.07) is 15.3. The van der Waals surface area contributed by atoms with E-state index in [2.05, 4.69) is 22.0 Å². The fraction of sp³-hybridized carbons (Fsp3) is 0. The van der Waals surface area contributed by atoms with Crippen LogP contribution < -0.4 is 9.78 Å². The summed E-state index contributed by atoms with van der Waals surface area (Å²) < 4.78 is 2.37. The molecule has 0 spiro atoms. The Bertz CT molecular complexity index is 936. The van der Waals surface area contributed by atoms with Crippen molar-refractivity contribution in [3.8, 4) is 5.69 Å². The Kier molecular flexibility index (Phi) is 4.46. The number of nitrogens with zero attached hydrogens (tertiary/aromatic N) is 2. The van der Waals surface area contributed by atoms with Crippen molar-refractivity contribution < 1.29 is 4.79 Å². The van der Waals surface area contributed by atoms with Gasteiger partial charge in [-0.1, -0.05) is 0 Å². The molecule has 0 aliphatic rings. The van der Waals surface area contributed by atoms with Gasteiger partial charge >= 0.3 is 146 Å². The van der Waals surface area contributed by atoms with Crippen LogP contribution in [-0.4, -0.2) is 32.4 Å². The van der Waals surface area contributed by atoms with Gasteiger partial charge in [0, 0.05) is 0 Å². The van der Waals surface area contributed by atoms with Crippen LogP contribution in [0, 0.1) is 0 Å². The van der Waals surface area contributed by atoms with Crippen LogP contribution in [0.2, 0.25) is 5.02 Å². The summed E-state index contributed by atoms with van der Waals surface area (Å²) in [6.07, 6.45) is 1.52. The average Bonchev–Trinajstić information content (AvgIpc) is 2.55. The van der Waals surface area contributed by atoms with E-state index in [4.69, 9.17) is 11.6 Å². The zero-order valence-electron chi connectivity index (χ0n) is 11.8. The van der Waals surface area contributed by atoms with Crippen LogP contribution in [-0.2, 0) is 0 Å². The van der Waals surface area contributed by atoms with Crippen molar-refractivity contribution in [2.24, 2.45) is 0 Å². The molecule has 4 nitrogen and oxygen atoms in total. The molecule has 0 atom stereocenters. The van der Waals surface area contributed by atoms with Gasteiger partial charge in [-0.15, -0.1) is 0 Å². The van der Waals surface area contributed by atoms with Crippen LogP contribution in [0.1, 0.15) is 16.1 Å². The molecular formula is C17H10AsClN2O2. The topological polar surface area (TPSA) is 52.0 Å². The van der Waals surface area contributed by atoms with E-state index in [0.29, 0.717) is 16.3 Å². The van der Waals surface area contributed by atoms with E-state index in [1.165, 1.54) is 16.9 Å². The fourth-order valence-electron chi connectivity index (χ4n) is 2.09. The summed E-state index contributed by atoms with van der Waals surface area (Å²) in [4.78, 5) is 24.6. The zero-order valence-corrected chi connectivity index (χ0v) is 14.4. The number of carbonyl (C=O) groups is 1. The molecule has 6 heteroatoms. The van der Waals surface area contributed by atoms with Gasteiger partial charge in [0.2, 0.25) is 0 Å². The molecule has 0 aliphatic heterocycles. The van der Waals surface area contributed by atoms with E-state index in [0.717, 1.165) is 4.35 Å². The van der Waals surface area contributed by atoms with Gasteiger partial charge in [-0.25, -0.2) is 0 Å². The van der Waals surface area contributed by atoms with Gasteiger partial charge in [0.25, 0.3) is 0 Å². The second-order valence-electron chi connectivity index (χ2n) is 4.83. The van der Waals surface area contributed by atoms with Crippen LogP contribution >= 0.6 is 11.6 Å². The summed E-state index contributed by atoms with van der Waals surface area (Å²) in [5.74, 6) is -0.397. The maximum absolute atomic E-state index is 12.6. The van der Waals surface area contributed by atoms with Crippen molar-refractivity contribution in [1.82, 2.24) is 9.78 Å². The van der Waals surface area contributed by atoms with Crippen LogP contribution in [0.3, 0.4) is 0 Å². The maximum atomic E-state index is 12.6. The summed E-state index contributed by atoms with van der Waals surface area (Å²) in [6.45, 7) is 0. The summed E-state index contributed by atoms with van der Waals surface area (Å²) in [7, 11) is 0. The molecule has 1 heterocycles. The number of aromatic nitrogens is 2. The molecule has 23 heavy (non-hydrogen) atoms. The molecule has 0 saturated carbocycles. The van der Waals surface area contributed by atoms with E-state index in [1.807, 2.05) is 6.07 Å². The van der Waals surface area contributed by atoms with E-state index in [1.54, 1.807) is 42.5 Å². The minimum atomic E-state index is -0.406. The number of hydrogen-bond donors (Lipinski definition) is 0. The van der Waals surface area contributed by atoms with Gasteiger partial charge in [0.1, 0.15) is 0 Å². The number of halogens is 1. The molecule has 0 aliphatic carbocycles. The molecule has 0 fully saturated rings. The molecule has 2 radical (unpaired) electrons. The van der Waals surface area contributed by atoms with Crippen molar-refractivity contribution in [3.63, 3.8) is 0 Å². The van der Waals surface area contributed by atoms with Crippen molar-refractivity contribution >= 4 is 38.6 Å². The summed E-state index contributed by atoms with van der Waals surface area (Å²) in [5.41, 5.74) is 0.627. The zero-order chi connectivity index (χ0) is 16.4. The quantitative estimate of drug-likeness (QED) is 0.512. The van der Waals surface area contributed by atoms with Crippen molar-refractivity contribution in [1.29, 1.82) is 0 Å². The molecule has 0 N–H and O–H groups in total. The molecule has 2 aromatic carbocycles. The molecule has 1 aromatic heterocycles. The van der Waals surface area contributed by atoms with E-state index >= 15 is 0 Å². The van der Waals surface area contributed by atoms with Crippen molar-refractivity contribution in [2.75, 3.05) is 0 Å². The number of ketones is 1.